The number of ether oxygens (including phenoxy) is 1. The highest BCUT2D eigenvalue weighted by atomic mass is 16.5. The third kappa shape index (κ3) is 5.03. The molecule has 2 N–H and O–H groups in total. The molecule has 0 bridgehead atoms. The summed E-state index contributed by atoms with van der Waals surface area (Å²) in [6.45, 7) is 3.99. The number of benzene rings is 2. The molecule has 2 amide bonds. The molecule has 1 aromatic heterocycles. The monoisotopic (exact) mass is 459 g/mol. The van der Waals surface area contributed by atoms with Crippen LogP contribution in [-0.4, -0.2) is 41.4 Å². The predicted octanol–water partition coefficient (Wildman–Crippen LogP) is 3.62. The number of rotatable bonds is 6. The van der Waals surface area contributed by atoms with Crippen LogP contribution in [0.25, 0.3) is 0 Å². The second-order valence-corrected chi connectivity index (χ2v) is 8.08. The Hall–Kier alpha value is -4.27. The van der Waals surface area contributed by atoms with E-state index < -0.39 is 11.9 Å². The van der Waals surface area contributed by atoms with Crippen LogP contribution >= 0.6 is 0 Å². The van der Waals surface area contributed by atoms with Gasteiger partial charge in [0.05, 0.1) is 24.3 Å². The van der Waals surface area contributed by atoms with E-state index in [0.717, 1.165) is 17.1 Å². The van der Waals surface area contributed by atoms with Crippen molar-refractivity contribution in [2.45, 2.75) is 20.3 Å². The normalized spacial score (nSPS) is 15.2. The summed E-state index contributed by atoms with van der Waals surface area (Å²) >= 11 is 0. The summed E-state index contributed by atoms with van der Waals surface area (Å²) in [5.74, 6) is -1.05. The lowest BCUT2D eigenvalue weighted by molar-refractivity contribution is -0.122. The van der Waals surface area contributed by atoms with Gasteiger partial charge in [-0.05, 0) is 56.3 Å². The van der Waals surface area contributed by atoms with Gasteiger partial charge in [0.1, 0.15) is 0 Å². The number of methoxy groups -OCH3 is 1. The van der Waals surface area contributed by atoms with Crippen molar-refractivity contribution >= 4 is 40.8 Å². The van der Waals surface area contributed by atoms with Crippen LogP contribution in [0.3, 0.4) is 0 Å². The molecule has 1 aliphatic heterocycles. The maximum Gasteiger partial charge on any atom is 0.339 e. The predicted molar refractivity (Wildman–Crippen MR) is 128 cm³/mol. The standard InChI is InChI=1S/C25H25N5O4/c1-15-12-16(2)27-25(26-15)29-19-10-8-18(9-11-19)28-23(32)17-13-22(31)30(14-17)21-7-5-4-6-20(21)24(33)34-3/h4-12,17H,13-14H2,1-3H3,(H,28,32)(H,26,27,29). The van der Waals surface area contributed by atoms with Crippen molar-refractivity contribution in [2.75, 3.05) is 29.2 Å². The van der Waals surface area contributed by atoms with Crippen LogP contribution in [0.5, 0.6) is 0 Å². The third-order valence-electron chi connectivity index (χ3n) is 5.49. The summed E-state index contributed by atoms with van der Waals surface area (Å²) in [5.41, 5.74) is 3.86. The minimum absolute atomic E-state index is 0.0605. The van der Waals surface area contributed by atoms with Crippen molar-refractivity contribution in [1.29, 1.82) is 0 Å². The number of amides is 2. The lowest BCUT2D eigenvalue weighted by Crippen LogP contribution is -2.29. The smallest absolute Gasteiger partial charge is 0.339 e. The molecule has 1 saturated heterocycles. The molecule has 1 fully saturated rings. The van der Waals surface area contributed by atoms with Gasteiger partial charge >= 0.3 is 5.97 Å². The van der Waals surface area contributed by atoms with Gasteiger partial charge in [0, 0.05) is 35.7 Å². The number of anilines is 4. The molecule has 4 rings (SSSR count). The molecule has 1 unspecified atom stereocenters. The Morgan fingerprint density at radius 1 is 1.00 bits per heavy atom. The number of nitrogens with zero attached hydrogens (tertiary/aromatic N) is 3. The second kappa shape index (κ2) is 9.70. The third-order valence-corrected chi connectivity index (χ3v) is 5.49. The molecule has 0 spiro atoms. The fourth-order valence-corrected chi connectivity index (χ4v) is 3.90. The Morgan fingerprint density at radius 2 is 1.65 bits per heavy atom. The van der Waals surface area contributed by atoms with Crippen LogP contribution in [-0.2, 0) is 14.3 Å². The fourth-order valence-electron chi connectivity index (χ4n) is 3.90. The van der Waals surface area contributed by atoms with E-state index in [0.29, 0.717) is 17.3 Å². The molecule has 1 atom stereocenters. The van der Waals surface area contributed by atoms with Gasteiger partial charge in [0.25, 0.3) is 0 Å². The van der Waals surface area contributed by atoms with Gasteiger partial charge in [-0.25, -0.2) is 14.8 Å². The molecular weight excluding hydrogens is 434 g/mol. The van der Waals surface area contributed by atoms with Gasteiger partial charge in [-0.3, -0.25) is 9.59 Å². The highest BCUT2D eigenvalue weighted by Gasteiger charge is 2.36. The number of nitrogens with one attached hydrogen (secondary N) is 2. The molecular formula is C25H25N5O4. The summed E-state index contributed by atoms with van der Waals surface area (Å²) in [5, 5.41) is 6.01. The zero-order valence-electron chi connectivity index (χ0n) is 19.2. The van der Waals surface area contributed by atoms with E-state index in [9.17, 15) is 14.4 Å². The summed E-state index contributed by atoms with van der Waals surface area (Å²) < 4.78 is 4.81. The minimum atomic E-state index is -0.542. The summed E-state index contributed by atoms with van der Waals surface area (Å²) in [6.07, 6.45) is 0.0605. The van der Waals surface area contributed by atoms with Crippen molar-refractivity contribution in [1.82, 2.24) is 9.97 Å². The van der Waals surface area contributed by atoms with Crippen molar-refractivity contribution in [3.8, 4) is 0 Å². The van der Waals surface area contributed by atoms with E-state index in [2.05, 4.69) is 20.6 Å². The Bertz CT molecular complexity index is 1220. The first-order valence-corrected chi connectivity index (χ1v) is 10.8. The molecule has 174 valence electrons. The minimum Gasteiger partial charge on any atom is -0.465 e. The van der Waals surface area contributed by atoms with E-state index in [1.807, 2.05) is 32.0 Å². The van der Waals surface area contributed by atoms with Gasteiger partial charge in [0.2, 0.25) is 17.8 Å². The van der Waals surface area contributed by atoms with Crippen LogP contribution in [0, 0.1) is 19.8 Å². The first-order chi connectivity index (χ1) is 16.3. The summed E-state index contributed by atoms with van der Waals surface area (Å²) in [7, 11) is 1.29. The number of aryl methyl sites for hydroxylation is 2. The average Bonchev–Trinajstić information content (AvgIpc) is 3.21. The lowest BCUT2D eigenvalue weighted by atomic mass is 10.1. The van der Waals surface area contributed by atoms with Gasteiger partial charge in [-0.15, -0.1) is 0 Å². The lowest BCUT2D eigenvalue weighted by Gasteiger charge is -2.19. The highest BCUT2D eigenvalue weighted by molar-refractivity contribution is 6.07. The zero-order valence-corrected chi connectivity index (χ0v) is 19.2. The number of hydrogen-bond donors (Lipinski definition) is 2. The van der Waals surface area contributed by atoms with Crippen molar-refractivity contribution in [3.63, 3.8) is 0 Å². The van der Waals surface area contributed by atoms with Crippen molar-refractivity contribution < 1.29 is 19.1 Å². The maximum atomic E-state index is 12.8. The second-order valence-electron chi connectivity index (χ2n) is 8.08. The average molecular weight is 460 g/mol. The summed E-state index contributed by atoms with van der Waals surface area (Å²) in [6, 6.07) is 15.8. The summed E-state index contributed by atoms with van der Waals surface area (Å²) in [4.78, 5) is 47.7. The molecule has 1 aliphatic rings. The SMILES string of the molecule is COC(=O)c1ccccc1N1CC(C(=O)Nc2ccc(Nc3nc(C)cc(C)n3)cc2)CC1=O. The van der Waals surface area contributed by atoms with E-state index in [1.165, 1.54) is 12.0 Å². The first kappa shape index (κ1) is 22.9. The highest BCUT2D eigenvalue weighted by Crippen LogP contribution is 2.29. The molecule has 0 saturated carbocycles. The van der Waals surface area contributed by atoms with E-state index in [4.69, 9.17) is 4.74 Å². The van der Waals surface area contributed by atoms with Gasteiger partial charge < -0.3 is 20.3 Å². The molecule has 9 heteroatoms. The van der Waals surface area contributed by atoms with Gasteiger partial charge in [0.15, 0.2) is 0 Å². The number of para-hydroxylation sites is 1. The van der Waals surface area contributed by atoms with Crippen LogP contribution in [0.1, 0.15) is 28.2 Å². The molecule has 0 radical (unpaired) electrons. The number of carbonyl (C=O) groups excluding carboxylic acids is 3. The van der Waals surface area contributed by atoms with Crippen LogP contribution < -0.4 is 15.5 Å². The van der Waals surface area contributed by atoms with Gasteiger partial charge in [-0.1, -0.05) is 12.1 Å². The molecule has 34 heavy (non-hydrogen) atoms. The van der Waals surface area contributed by atoms with Crippen LogP contribution in [0.4, 0.5) is 23.0 Å². The Labute approximate surface area is 197 Å². The quantitative estimate of drug-likeness (QED) is 0.541. The van der Waals surface area contributed by atoms with Crippen LogP contribution in [0.15, 0.2) is 54.6 Å². The van der Waals surface area contributed by atoms with Crippen LogP contribution in [0.2, 0.25) is 0 Å². The number of hydrogen-bond acceptors (Lipinski definition) is 7. The van der Waals surface area contributed by atoms with Crippen molar-refractivity contribution in [3.05, 3.63) is 71.5 Å². The largest absolute Gasteiger partial charge is 0.465 e. The van der Waals surface area contributed by atoms with E-state index in [-0.39, 0.29) is 30.3 Å². The first-order valence-electron chi connectivity index (χ1n) is 10.8. The number of carbonyl (C=O) groups is 3. The topological polar surface area (TPSA) is 114 Å². The maximum absolute atomic E-state index is 12.8. The Kier molecular flexibility index (Phi) is 6.53. The fraction of sp³-hybridized carbons (Fsp3) is 0.240. The number of esters is 1. The molecule has 0 aliphatic carbocycles. The molecule has 2 aromatic carbocycles. The van der Waals surface area contributed by atoms with E-state index in [1.54, 1.807) is 36.4 Å². The Balaban J connectivity index is 1.41. The van der Waals surface area contributed by atoms with Crippen molar-refractivity contribution in [2.24, 2.45) is 5.92 Å². The van der Waals surface area contributed by atoms with Gasteiger partial charge in [-0.2, -0.15) is 0 Å². The van der Waals surface area contributed by atoms with E-state index >= 15 is 0 Å². The Morgan fingerprint density at radius 3 is 2.32 bits per heavy atom. The zero-order chi connectivity index (χ0) is 24.2. The number of aromatic nitrogens is 2. The molecule has 9 nitrogen and oxygen atoms in total. The molecule has 2 heterocycles. The molecule has 3 aromatic rings.